The van der Waals surface area contributed by atoms with E-state index in [1.54, 1.807) is 7.05 Å². The SMILES string of the molecule is CC(=O)Nc1ccc(-c2cccc(C3(c4ccccc4)N=C(N)N(C)C3=O)c2)cc1.O=C(O)C(F)(F)F. The number of halogens is 3. The molecule has 8 nitrogen and oxygen atoms in total. The van der Waals surface area contributed by atoms with Crippen molar-refractivity contribution in [1.29, 1.82) is 0 Å². The van der Waals surface area contributed by atoms with Gasteiger partial charge in [-0.2, -0.15) is 13.2 Å². The van der Waals surface area contributed by atoms with E-state index >= 15 is 0 Å². The summed E-state index contributed by atoms with van der Waals surface area (Å²) in [6.07, 6.45) is -5.08. The lowest BCUT2D eigenvalue weighted by molar-refractivity contribution is -0.192. The Kier molecular flexibility index (Phi) is 7.66. The van der Waals surface area contributed by atoms with E-state index in [0.717, 1.165) is 27.9 Å². The normalized spacial score (nSPS) is 16.9. The van der Waals surface area contributed by atoms with E-state index in [1.165, 1.54) is 11.8 Å². The Hall–Kier alpha value is -4.67. The summed E-state index contributed by atoms with van der Waals surface area (Å²) in [5, 5.41) is 9.89. The molecule has 0 bridgehead atoms. The summed E-state index contributed by atoms with van der Waals surface area (Å²) in [6, 6.07) is 24.8. The number of aliphatic carboxylic acids is 1. The van der Waals surface area contributed by atoms with Crippen molar-refractivity contribution in [3.05, 3.63) is 90.0 Å². The Morgan fingerprint density at radius 3 is 2.00 bits per heavy atom. The number of nitrogens with zero attached hydrogens (tertiary/aromatic N) is 2. The average Bonchev–Trinajstić information content (AvgIpc) is 3.09. The lowest BCUT2D eigenvalue weighted by Gasteiger charge is -2.26. The Morgan fingerprint density at radius 1 is 0.946 bits per heavy atom. The van der Waals surface area contributed by atoms with Crippen LogP contribution in [0.15, 0.2) is 83.9 Å². The predicted octanol–water partition coefficient (Wildman–Crippen LogP) is 3.98. The lowest BCUT2D eigenvalue weighted by Crippen LogP contribution is -2.41. The maximum absolute atomic E-state index is 13.3. The average molecular weight is 512 g/mol. The Morgan fingerprint density at radius 2 is 1.51 bits per heavy atom. The lowest BCUT2D eigenvalue weighted by atomic mass is 9.82. The largest absolute Gasteiger partial charge is 0.490 e. The second kappa shape index (κ2) is 10.5. The highest BCUT2D eigenvalue weighted by atomic mass is 19.4. The third-order valence-corrected chi connectivity index (χ3v) is 5.49. The highest BCUT2D eigenvalue weighted by molar-refractivity contribution is 6.09. The van der Waals surface area contributed by atoms with Crippen molar-refractivity contribution < 1.29 is 32.7 Å². The van der Waals surface area contributed by atoms with Crippen LogP contribution in [-0.4, -0.2) is 47.0 Å². The molecule has 0 fully saturated rings. The summed E-state index contributed by atoms with van der Waals surface area (Å²) < 4.78 is 31.7. The molecule has 0 aliphatic carbocycles. The molecule has 0 saturated carbocycles. The molecule has 1 heterocycles. The van der Waals surface area contributed by atoms with Crippen LogP contribution in [0, 0.1) is 0 Å². The number of carboxylic acid groups (broad SMARTS) is 1. The third-order valence-electron chi connectivity index (χ3n) is 5.49. The van der Waals surface area contributed by atoms with Crippen LogP contribution in [0.5, 0.6) is 0 Å². The number of aliphatic imine (C=N–C) groups is 1. The van der Waals surface area contributed by atoms with Gasteiger partial charge in [0.1, 0.15) is 0 Å². The van der Waals surface area contributed by atoms with Gasteiger partial charge in [-0.15, -0.1) is 0 Å². The second-order valence-corrected chi connectivity index (χ2v) is 8.05. The van der Waals surface area contributed by atoms with Crippen LogP contribution in [0.2, 0.25) is 0 Å². The van der Waals surface area contributed by atoms with Gasteiger partial charge in [-0.25, -0.2) is 9.79 Å². The number of carboxylic acids is 1. The summed E-state index contributed by atoms with van der Waals surface area (Å²) in [6.45, 7) is 1.47. The van der Waals surface area contributed by atoms with Crippen molar-refractivity contribution in [3.63, 3.8) is 0 Å². The van der Waals surface area contributed by atoms with E-state index in [9.17, 15) is 22.8 Å². The van der Waals surface area contributed by atoms with Crippen molar-refractivity contribution in [3.8, 4) is 11.1 Å². The molecule has 1 atom stereocenters. The van der Waals surface area contributed by atoms with E-state index in [4.69, 9.17) is 15.6 Å². The number of hydrogen-bond donors (Lipinski definition) is 3. The molecule has 1 aliphatic rings. The third kappa shape index (κ3) is 5.77. The zero-order valence-corrected chi connectivity index (χ0v) is 19.8. The molecule has 3 aromatic rings. The fourth-order valence-corrected chi connectivity index (χ4v) is 3.74. The van der Waals surface area contributed by atoms with Gasteiger partial charge in [-0.05, 0) is 40.5 Å². The van der Waals surface area contributed by atoms with Crippen molar-refractivity contribution in [2.75, 3.05) is 12.4 Å². The number of benzene rings is 3. The molecule has 4 N–H and O–H groups in total. The van der Waals surface area contributed by atoms with E-state index in [1.807, 2.05) is 78.9 Å². The molecule has 192 valence electrons. The standard InChI is InChI=1S/C24H22N4O2.C2HF3O2/c1-16(29)26-21-13-11-17(12-14-21)18-7-6-10-20(15-18)24(19-8-4-3-5-9-19)22(30)28(2)23(25)27-24;3-2(4,5)1(6)7/h3-15H,1-2H3,(H2,25,27)(H,26,29);(H,6,7). The highest BCUT2D eigenvalue weighted by Crippen LogP contribution is 2.40. The number of alkyl halides is 3. The van der Waals surface area contributed by atoms with Crippen LogP contribution in [0.3, 0.4) is 0 Å². The minimum atomic E-state index is -5.08. The molecule has 2 amide bonds. The minimum absolute atomic E-state index is 0.117. The number of amides is 2. The van der Waals surface area contributed by atoms with Crippen LogP contribution in [0.25, 0.3) is 11.1 Å². The number of rotatable bonds is 4. The Balaban J connectivity index is 0.000000479. The van der Waals surface area contributed by atoms with E-state index in [2.05, 4.69) is 10.3 Å². The molecule has 1 aliphatic heterocycles. The predicted molar refractivity (Wildman–Crippen MR) is 131 cm³/mol. The highest BCUT2D eigenvalue weighted by Gasteiger charge is 2.49. The first-order valence-electron chi connectivity index (χ1n) is 10.8. The van der Waals surface area contributed by atoms with Gasteiger partial charge < -0.3 is 16.2 Å². The van der Waals surface area contributed by atoms with Crippen molar-refractivity contribution in [2.45, 2.75) is 18.6 Å². The first-order chi connectivity index (χ1) is 17.4. The molecule has 11 heteroatoms. The van der Waals surface area contributed by atoms with Gasteiger partial charge >= 0.3 is 12.1 Å². The summed E-state index contributed by atoms with van der Waals surface area (Å²) in [5.41, 5.74) is 8.97. The fourth-order valence-electron chi connectivity index (χ4n) is 3.74. The molecular formula is C26H23F3N4O4. The molecule has 0 saturated heterocycles. The van der Waals surface area contributed by atoms with Gasteiger partial charge in [-0.3, -0.25) is 14.5 Å². The summed E-state index contributed by atoms with van der Waals surface area (Å²) in [5.74, 6) is -2.88. The van der Waals surface area contributed by atoms with Crippen LogP contribution in [0.1, 0.15) is 18.1 Å². The van der Waals surface area contributed by atoms with Crippen molar-refractivity contribution >= 4 is 29.4 Å². The summed E-state index contributed by atoms with van der Waals surface area (Å²) in [7, 11) is 1.64. The first kappa shape index (κ1) is 26.9. The second-order valence-electron chi connectivity index (χ2n) is 8.05. The Labute approximate surface area is 210 Å². The molecule has 0 aromatic heterocycles. The quantitative estimate of drug-likeness (QED) is 0.488. The topological polar surface area (TPSA) is 125 Å². The molecule has 1 unspecified atom stereocenters. The van der Waals surface area contributed by atoms with E-state index in [0.29, 0.717) is 0 Å². The number of nitrogens with two attached hydrogens (primary N) is 1. The summed E-state index contributed by atoms with van der Waals surface area (Å²) in [4.78, 5) is 39.5. The van der Waals surface area contributed by atoms with Crippen LogP contribution < -0.4 is 11.1 Å². The zero-order valence-electron chi connectivity index (χ0n) is 19.8. The molecule has 0 radical (unpaired) electrons. The fraction of sp³-hybridized carbons (Fsp3) is 0.154. The zero-order chi connectivity index (χ0) is 27.4. The molecule has 4 rings (SSSR count). The maximum atomic E-state index is 13.3. The maximum Gasteiger partial charge on any atom is 0.490 e. The van der Waals surface area contributed by atoms with E-state index in [-0.39, 0.29) is 17.8 Å². The van der Waals surface area contributed by atoms with Gasteiger partial charge in [0.2, 0.25) is 5.91 Å². The number of carbonyl (C=O) groups excluding carboxylic acids is 2. The van der Waals surface area contributed by atoms with E-state index < -0.39 is 17.7 Å². The summed E-state index contributed by atoms with van der Waals surface area (Å²) >= 11 is 0. The van der Waals surface area contributed by atoms with Gasteiger partial charge in [0.15, 0.2) is 11.5 Å². The van der Waals surface area contributed by atoms with Gasteiger partial charge in [0, 0.05) is 19.7 Å². The van der Waals surface area contributed by atoms with Crippen LogP contribution in [-0.2, 0) is 19.9 Å². The van der Waals surface area contributed by atoms with Crippen molar-refractivity contribution in [1.82, 2.24) is 4.90 Å². The van der Waals surface area contributed by atoms with Crippen LogP contribution in [0.4, 0.5) is 18.9 Å². The molecule has 3 aromatic carbocycles. The number of hydrogen-bond acceptors (Lipinski definition) is 5. The number of anilines is 1. The smallest absolute Gasteiger partial charge is 0.475 e. The molecular weight excluding hydrogens is 489 g/mol. The Bertz CT molecular complexity index is 1340. The van der Waals surface area contributed by atoms with Gasteiger partial charge in [0.05, 0.1) is 0 Å². The van der Waals surface area contributed by atoms with Crippen molar-refractivity contribution in [2.24, 2.45) is 10.7 Å². The van der Waals surface area contributed by atoms with Crippen LogP contribution >= 0.6 is 0 Å². The molecule has 37 heavy (non-hydrogen) atoms. The number of nitrogens with one attached hydrogen (secondary N) is 1. The van der Waals surface area contributed by atoms with Gasteiger partial charge in [0.25, 0.3) is 5.91 Å². The monoisotopic (exact) mass is 512 g/mol. The number of carbonyl (C=O) groups is 3. The number of guanidine groups is 1. The van der Waals surface area contributed by atoms with Gasteiger partial charge in [-0.1, -0.05) is 60.7 Å². The molecule has 0 spiro atoms. The minimum Gasteiger partial charge on any atom is -0.475 e. The number of likely N-dealkylation sites (N-methyl/N-ethyl adjacent to an activating group) is 1. The first-order valence-corrected chi connectivity index (χ1v) is 10.8.